The molecule has 2 atom stereocenters. The number of esters is 1. The Balaban J connectivity index is 2.25. The van der Waals surface area contributed by atoms with Crippen LogP contribution in [0.5, 0.6) is 0 Å². The summed E-state index contributed by atoms with van der Waals surface area (Å²) in [7, 11) is 0.330. The molecule has 0 aliphatic rings. The largest absolute Gasteiger partial charge is 0.467 e. The predicted molar refractivity (Wildman–Crippen MR) is 124 cm³/mol. The zero-order valence-corrected chi connectivity index (χ0v) is 20.1. The molecular formula is C24H38O5Si. The van der Waals surface area contributed by atoms with Crippen molar-refractivity contribution in [1.29, 1.82) is 0 Å². The fraction of sp³-hybridized carbons (Fsp3) is 0.542. The van der Waals surface area contributed by atoms with E-state index in [1.54, 1.807) is 0 Å². The molecule has 0 amide bonds. The zero-order chi connectivity index (χ0) is 22.2. The number of ether oxygens (including phenoxy) is 4. The lowest BCUT2D eigenvalue weighted by Crippen LogP contribution is -2.25. The van der Waals surface area contributed by atoms with Crippen molar-refractivity contribution < 1.29 is 23.7 Å². The minimum atomic E-state index is -1.05. The van der Waals surface area contributed by atoms with Crippen LogP contribution in [0.4, 0.5) is 0 Å². The third-order valence-corrected chi connectivity index (χ3v) is 6.07. The summed E-state index contributed by atoms with van der Waals surface area (Å²) in [6.45, 7) is 10.5. The maximum atomic E-state index is 11.9. The molecule has 5 nitrogen and oxygen atoms in total. The lowest BCUT2D eigenvalue weighted by molar-refractivity contribution is -0.154. The van der Waals surface area contributed by atoms with Crippen molar-refractivity contribution in [2.75, 3.05) is 20.5 Å². The van der Waals surface area contributed by atoms with Gasteiger partial charge in [0.05, 0.1) is 19.8 Å². The van der Waals surface area contributed by atoms with E-state index in [1.807, 2.05) is 61.6 Å². The second-order valence-corrected chi connectivity index (χ2v) is 14.0. The summed E-state index contributed by atoms with van der Waals surface area (Å²) < 4.78 is 21.8. The number of allylic oxidation sites excluding steroid dienone is 2. The van der Waals surface area contributed by atoms with E-state index in [4.69, 9.17) is 18.9 Å². The summed E-state index contributed by atoms with van der Waals surface area (Å²) in [5.41, 5.74) is 1.02. The van der Waals surface area contributed by atoms with E-state index in [0.717, 1.165) is 24.6 Å². The van der Waals surface area contributed by atoms with Crippen LogP contribution < -0.4 is 0 Å². The van der Waals surface area contributed by atoms with Gasteiger partial charge in [0.15, 0.2) is 6.10 Å². The van der Waals surface area contributed by atoms with E-state index in [9.17, 15) is 4.79 Å². The van der Waals surface area contributed by atoms with E-state index in [2.05, 4.69) is 19.6 Å². The highest BCUT2D eigenvalue weighted by Crippen LogP contribution is 2.09. The molecule has 0 saturated heterocycles. The van der Waals surface area contributed by atoms with Gasteiger partial charge < -0.3 is 18.9 Å². The van der Waals surface area contributed by atoms with Gasteiger partial charge in [0, 0.05) is 21.1 Å². The fourth-order valence-electron chi connectivity index (χ4n) is 2.45. The first-order chi connectivity index (χ1) is 14.3. The minimum absolute atomic E-state index is 0.00213. The second-order valence-electron chi connectivity index (χ2n) is 8.39. The number of benzene rings is 1. The molecular weight excluding hydrogens is 396 g/mol. The Kier molecular flexibility index (Phi) is 13.3. The minimum Gasteiger partial charge on any atom is -0.467 e. The van der Waals surface area contributed by atoms with Crippen LogP contribution in [0.15, 0.2) is 54.6 Å². The van der Waals surface area contributed by atoms with Crippen LogP contribution in [-0.2, 0) is 30.3 Å². The van der Waals surface area contributed by atoms with E-state index in [-0.39, 0.29) is 12.1 Å². The van der Waals surface area contributed by atoms with Gasteiger partial charge in [0.25, 0.3) is 0 Å². The molecule has 0 spiro atoms. The number of hydrogen-bond acceptors (Lipinski definition) is 5. The summed E-state index contributed by atoms with van der Waals surface area (Å²) in [5, 5.41) is 0. The molecule has 0 aromatic heterocycles. The van der Waals surface area contributed by atoms with Crippen LogP contribution in [0.1, 0.15) is 25.3 Å². The van der Waals surface area contributed by atoms with Crippen molar-refractivity contribution in [3.63, 3.8) is 0 Å². The van der Waals surface area contributed by atoms with Crippen molar-refractivity contribution in [2.45, 2.75) is 64.3 Å². The van der Waals surface area contributed by atoms with Gasteiger partial charge in [-0.05, 0) is 25.0 Å². The van der Waals surface area contributed by atoms with Gasteiger partial charge in [0.2, 0.25) is 0 Å². The summed E-state index contributed by atoms with van der Waals surface area (Å²) in [4.78, 5) is 11.9. The Morgan fingerprint density at radius 2 is 1.80 bits per heavy atom. The molecule has 0 aliphatic heterocycles. The second kappa shape index (κ2) is 15.1. The Labute approximate surface area is 183 Å². The molecule has 0 aliphatic carbocycles. The maximum absolute atomic E-state index is 11.9. The van der Waals surface area contributed by atoms with Gasteiger partial charge >= 0.3 is 5.97 Å². The van der Waals surface area contributed by atoms with Gasteiger partial charge in [0.1, 0.15) is 6.79 Å². The fourth-order valence-corrected chi connectivity index (χ4v) is 3.20. The quantitative estimate of drug-likeness (QED) is 0.122. The average Bonchev–Trinajstić information content (AvgIpc) is 2.71. The Bertz CT molecular complexity index is 637. The predicted octanol–water partition coefficient (Wildman–Crippen LogP) is 5.35. The summed E-state index contributed by atoms with van der Waals surface area (Å²) >= 11 is 0. The summed E-state index contributed by atoms with van der Waals surface area (Å²) in [6.07, 6.45) is 8.64. The highest BCUT2D eigenvalue weighted by atomic mass is 28.3. The van der Waals surface area contributed by atoms with Crippen molar-refractivity contribution in [2.24, 2.45) is 0 Å². The Morgan fingerprint density at radius 3 is 2.47 bits per heavy atom. The first-order valence-electron chi connectivity index (χ1n) is 10.6. The molecule has 6 heteroatoms. The van der Waals surface area contributed by atoms with Gasteiger partial charge in [-0.15, -0.1) is 0 Å². The molecule has 30 heavy (non-hydrogen) atoms. The SMILES string of the molecule is COC(=O)[C@@H](C/C=C/C/C=C\[C@@H](C)OCOCC[Si](C)(C)C)OCc1ccccc1. The van der Waals surface area contributed by atoms with E-state index >= 15 is 0 Å². The molecule has 0 N–H and O–H groups in total. The van der Waals surface area contributed by atoms with E-state index < -0.39 is 14.2 Å². The summed E-state index contributed by atoms with van der Waals surface area (Å²) in [5.74, 6) is -0.359. The normalized spacial score (nSPS) is 14.3. The van der Waals surface area contributed by atoms with Crippen molar-refractivity contribution >= 4 is 14.0 Å². The molecule has 1 aromatic rings. The van der Waals surface area contributed by atoms with Gasteiger partial charge in [-0.3, -0.25) is 0 Å². The van der Waals surface area contributed by atoms with Crippen molar-refractivity contribution in [3.05, 3.63) is 60.2 Å². The number of methoxy groups -OCH3 is 1. The van der Waals surface area contributed by atoms with Crippen LogP contribution in [-0.4, -0.2) is 46.8 Å². The van der Waals surface area contributed by atoms with Crippen LogP contribution in [0.2, 0.25) is 25.7 Å². The van der Waals surface area contributed by atoms with E-state index in [0.29, 0.717) is 19.8 Å². The highest BCUT2D eigenvalue weighted by molar-refractivity contribution is 6.76. The summed E-state index contributed by atoms with van der Waals surface area (Å²) in [6, 6.07) is 10.9. The number of carbonyl (C=O) groups excluding carboxylic acids is 1. The van der Waals surface area contributed by atoms with Crippen molar-refractivity contribution in [1.82, 2.24) is 0 Å². The topological polar surface area (TPSA) is 54.0 Å². The Morgan fingerprint density at radius 1 is 1.07 bits per heavy atom. The molecule has 0 unspecified atom stereocenters. The zero-order valence-electron chi connectivity index (χ0n) is 19.1. The average molecular weight is 435 g/mol. The Hall–Kier alpha value is -1.73. The monoisotopic (exact) mass is 434 g/mol. The van der Waals surface area contributed by atoms with Crippen LogP contribution >= 0.6 is 0 Å². The van der Waals surface area contributed by atoms with Crippen LogP contribution in [0, 0.1) is 0 Å². The third kappa shape index (κ3) is 13.5. The smallest absolute Gasteiger partial charge is 0.335 e. The first kappa shape index (κ1) is 26.3. The molecule has 168 valence electrons. The molecule has 0 bridgehead atoms. The standard InChI is InChI=1S/C24H38O5Si/c1-21(29-20-27-17-18-30(3,4)5)13-9-6-7-12-16-23(24(25)26-2)28-19-22-14-10-8-11-15-22/h7-15,21,23H,6,16-20H2,1-5H3/b12-7+,13-9-/t21-,23-/m1/s1. The maximum Gasteiger partial charge on any atom is 0.335 e. The number of rotatable bonds is 15. The molecule has 0 heterocycles. The van der Waals surface area contributed by atoms with Gasteiger partial charge in [-0.1, -0.05) is 74.3 Å². The molecule has 0 radical (unpaired) electrons. The van der Waals surface area contributed by atoms with Crippen LogP contribution in [0.25, 0.3) is 0 Å². The number of carbonyl (C=O) groups is 1. The molecule has 1 aromatic carbocycles. The van der Waals surface area contributed by atoms with Crippen LogP contribution in [0.3, 0.4) is 0 Å². The van der Waals surface area contributed by atoms with Crippen molar-refractivity contribution in [3.8, 4) is 0 Å². The van der Waals surface area contributed by atoms with Gasteiger partial charge in [-0.2, -0.15) is 0 Å². The molecule has 1 rings (SSSR count). The molecule has 0 fully saturated rings. The third-order valence-electron chi connectivity index (χ3n) is 4.36. The van der Waals surface area contributed by atoms with E-state index in [1.165, 1.54) is 7.11 Å². The van der Waals surface area contributed by atoms with Gasteiger partial charge in [-0.25, -0.2) is 4.79 Å². The number of hydrogen-bond donors (Lipinski definition) is 0. The first-order valence-corrected chi connectivity index (χ1v) is 14.3. The highest BCUT2D eigenvalue weighted by Gasteiger charge is 2.18. The lowest BCUT2D eigenvalue weighted by atomic mass is 10.2. The lowest BCUT2D eigenvalue weighted by Gasteiger charge is -2.16. The molecule has 0 saturated carbocycles.